The zero-order valence-corrected chi connectivity index (χ0v) is 11.0. The van der Waals surface area contributed by atoms with E-state index in [9.17, 15) is 4.79 Å². The lowest BCUT2D eigenvalue weighted by molar-refractivity contribution is 0.856. The lowest BCUT2D eigenvalue weighted by Gasteiger charge is -2.10. The highest BCUT2D eigenvalue weighted by atomic mass is 16.1. The van der Waals surface area contributed by atoms with E-state index >= 15 is 0 Å². The van der Waals surface area contributed by atoms with Crippen molar-refractivity contribution in [1.82, 2.24) is 9.55 Å². The molecule has 4 N–H and O–H groups in total. The van der Waals surface area contributed by atoms with Gasteiger partial charge in [0.1, 0.15) is 5.82 Å². The number of hydrogen-bond acceptors (Lipinski definition) is 4. The quantitative estimate of drug-likeness (QED) is 0.657. The van der Waals surface area contributed by atoms with E-state index in [-0.39, 0.29) is 5.56 Å². The molecule has 0 aliphatic heterocycles. The van der Waals surface area contributed by atoms with Gasteiger partial charge >= 0.3 is 0 Å². The first-order valence-electron chi connectivity index (χ1n) is 6.18. The van der Waals surface area contributed by atoms with Gasteiger partial charge in [-0.3, -0.25) is 9.36 Å². The summed E-state index contributed by atoms with van der Waals surface area (Å²) in [6.07, 6.45) is 0. The highest BCUT2D eigenvalue weighted by Gasteiger charge is 2.10. The van der Waals surface area contributed by atoms with Gasteiger partial charge in [0.15, 0.2) is 0 Å². The molecule has 0 fully saturated rings. The molecule has 2 aromatic carbocycles. The van der Waals surface area contributed by atoms with Gasteiger partial charge in [0.2, 0.25) is 0 Å². The van der Waals surface area contributed by atoms with E-state index in [2.05, 4.69) is 4.98 Å². The van der Waals surface area contributed by atoms with E-state index in [1.807, 2.05) is 12.1 Å². The molecule has 100 valence electrons. The summed E-state index contributed by atoms with van der Waals surface area (Å²) in [5.41, 5.74) is 14.0. The van der Waals surface area contributed by atoms with Crippen molar-refractivity contribution in [3.63, 3.8) is 0 Å². The summed E-state index contributed by atoms with van der Waals surface area (Å²) in [6, 6.07) is 12.4. The van der Waals surface area contributed by atoms with Gasteiger partial charge in [0.05, 0.1) is 10.9 Å². The number of nitrogens with zero attached hydrogens (tertiary/aromatic N) is 2. The second-order valence-electron chi connectivity index (χ2n) is 4.70. The predicted molar refractivity (Wildman–Crippen MR) is 81.2 cm³/mol. The summed E-state index contributed by atoms with van der Waals surface area (Å²) in [6.45, 7) is 0. The van der Waals surface area contributed by atoms with Gasteiger partial charge in [0.25, 0.3) is 5.56 Å². The van der Waals surface area contributed by atoms with Crippen LogP contribution < -0.4 is 17.0 Å². The maximum atomic E-state index is 12.4. The zero-order valence-electron chi connectivity index (χ0n) is 11.0. The van der Waals surface area contributed by atoms with Gasteiger partial charge in [-0.1, -0.05) is 12.1 Å². The van der Waals surface area contributed by atoms with Crippen LogP contribution in [0.15, 0.2) is 47.3 Å². The smallest absolute Gasteiger partial charge is 0.261 e. The monoisotopic (exact) mass is 266 g/mol. The van der Waals surface area contributed by atoms with Crippen LogP contribution in [0.5, 0.6) is 0 Å². The van der Waals surface area contributed by atoms with Crippen LogP contribution in [0.2, 0.25) is 0 Å². The van der Waals surface area contributed by atoms with Crippen molar-refractivity contribution in [2.75, 3.05) is 11.5 Å². The van der Waals surface area contributed by atoms with Gasteiger partial charge in [-0.05, 0) is 30.3 Å². The molecule has 0 bridgehead atoms. The number of rotatable bonds is 1. The van der Waals surface area contributed by atoms with Crippen molar-refractivity contribution in [1.29, 1.82) is 0 Å². The van der Waals surface area contributed by atoms with Crippen molar-refractivity contribution < 1.29 is 0 Å². The summed E-state index contributed by atoms with van der Waals surface area (Å²) in [4.78, 5) is 16.9. The molecule has 20 heavy (non-hydrogen) atoms. The van der Waals surface area contributed by atoms with E-state index < -0.39 is 0 Å². The Kier molecular flexibility index (Phi) is 2.68. The van der Waals surface area contributed by atoms with Crippen LogP contribution in [0.25, 0.3) is 22.3 Å². The average Bonchev–Trinajstić information content (AvgIpc) is 2.43. The fourth-order valence-electron chi connectivity index (χ4n) is 2.22. The molecule has 1 heterocycles. The largest absolute Gasteiger partial charge is 0.399 e. The Morgan fingerprint density at radius 3 is 2.55 bits per heavy atom. The molecule has 1 aromatic heterocycles. The third-order valence-electron chi connectivity index (χ3n) is 3.24. The molecular weight excluding hydrogens is 252 g/mol. The first-order chi connectivity index (χ1) is 9.56. The maximum Gasteiger partial charge on any atom is 0.261 e. The van der Waals surface area contributed by atoms with Gasteiger partial charge in [-0.2, -0.15) is 0 Å². The molecule has 0 aliphatic rings. The predicted octanol–water partition coefficient (Wildman–Crippen LogP) is 1.76. The average molecular weight is 266 g/mol. The molecule has 3 aromatic rings. The number of nitrogen functional groups attached to an aromatic ring is 2. The minimum absolute atomic E-state index is 0.125. The number of hydrogen-bond donors (Lipinski definition) is 2. The van der Waals surface area contributed by atoms with E-state index in [0.29, 0.717) is 28.1 Å². The van der Waals surface area contributed by atoms with Crippen LogP contribution >= 0.6 is 0 Å². The minimum atomic E-state index is -0.125. The van der Waals surface area contributed by atoms with Crippen LogP contribution in [0.4, 0.5) is 11.4 Å². The van der Waals surface area contributed by atoms with Crippen molar-refractivity contribution in [2.24, 2.45) is 7.05 Å². The zero-order chi connectivity index (χ0) is 14.3. The Bertz CT molecular complexity index is 867. The highest BCUT2D eigenvalue weighted by Crippen LogP contribution is 2.21. The Morgan fingerprint density at radius 1 is 1.05 bits per heavy atom. The molecule has 5 nitrogen and oxygen atoms in total. The number of benzene rings is 2. The van der Waals surface area contributed by atoms with Crippen LogP contribution in [-0.2, 0) is 7.05 Å². The molecular formula is C15H14N4O. The van der Waals surface area contributed by atoms with Gasteiger partial charge in [-0.25, -0.2) is 4.98 Å². The molecule has 0 unspecified atom stereocenters. The number of fused-ring (bicyclic) bond motifs is 1. The van der Waals surface area contributed by atoms with Crippen molar-refractivity contribution in [2.45, 2.75) is 0 Å². The molecule has 5 heteroatoms. The normalized spacial score (nSPS) is 10.8. The topological polar surface area (TPSA) is 86.9 Å². The minimum Gasteiger partial charge on any atom is -0.399 e. The van der Waals surface area contributed by atoms with E-state index in [4.69, 9.17) is 11.5 Å². The SMILES string of the molecule is Cn1c(-c2cccc(N)c2)nc2ccc(N)cc2c1=O. The Balaban J connectivity index is 2.35. The molecule has 0 spiro atoms. The number of aromatic nitrogens is 2. The van der Waals surface area contributed by atoms with E-state index in [0.717, 1.165) is 5.56 Å². The maximum absolute atomic E-state index is 12.4. The first-order valence-corrected chi connectivity index (χ1v) is 6.18. The Labute approximate surface area is 115 Å². The summed E-state index contributed by atoms with van der Waals surface area (Å²) < 4.78 is 1.51. The number of anilines is 2. The second kappa shape index (κ2) is 4.38. The Morgan fingerprint density at radius 2 is 1.80 bits per heavy atom. The number of nitrogens with two attached hydrogens (primary N) is 2. The van der Waals surface area contributed by atoms with Crippen molar-refractivity contribution in [3.05, 3.63) is 52.8 Å². The molecule has 0 atom stereocenters. The van der Waals surface area contributed by atoms with E-state index in [1.165, 1.54) is 4.57 Å². The highest BCUT2D eigenvalue weighted by molar-refractivity contribution is 5.83. The third kappa shape index (κ3) is 1.89. The second-order valence-corrected chi connectivity index (χ2v) is 4.70. The first kappa shape index (κ1) is 12.2. The molecule has 0 radical (unpaired) electrons. The van der Waals surface area contributed by atoms with Crippen LogP contribution in [0, 0.1) is 0 Å². The molecule has 0 aliphatic carbocycles. The van der Waals surface area contributed by atoms with Crippen LogP contribution in [0.1, 0.15) is 0 Å². The third-order valence-corrected chi connectivity index (χ3v) is 3.24. The standard InChI is InChI=1S/C15H14N4O/c1-19-14(9-3-2-4-10(16)7-9)18-13-6-5-11(17)8-12(13)15(19)20/h2-8H,16-17H2,1H3. The summed E-state index contributed by atoms with van der Waals surface area (Å²) in [7, 11) is 1.69. The molecule has 0 saturated carbocycles. The fourth-order valence-corrected chi connectivity index (χ4v) is 2.22. The molecule has 3 rings (SSSR count). The molecule has 0 amide bonds. The lowest BCUT2D eigenvalue weighted by Crippen LogP contribution is -2.20. The van der Waals surface area contributed by atoms with Gasteiger partial charge in [0, 0.05) is 24.0 Å². The van der Waals surface area contributed by atoms with Crippen molar-refractivity contribution in [3.8, 4) is 11.4 Å². The van der Waals surface area contributed by atoms with Crippen molar-refractivity contribution >= 4 is 22.3 Å². The van der Waals surface area contributed by atoms with E-state index in [1.54, 1.807) is 37.4 Å². The van der Waals surface area contributed by atoms with Crippen LogP contribution in [0.3, 0.4) is 0 Å². The summed E-state index contributed by atoms with van der Waals surface area (Å²) in [5, 5.41) is 0.514. The lowest BCUT2D eigenvalue weighted by atomic mass is 10.1. The Hall–Kier alpha value is -2.82. The summed E-state index contributed by atoms with van der Waals surface area (Å²) in [5.74, 6) is 0.583. The molecule has 0 saturated heterocycles. The van der Waals surface area contributed by atoms with Crippen LogP contribution in [-0.4, -0.2) is 9.55 Å². The summed E-state index contributed by atoms with van der Waals surface area (Å²) >= 11 is 0. The van der Waals surface area contributed by atoms with Gasteiger partial charge < -0.3 is 11.5 Å². The van der Waals surface area contributed by atoms with Gasteiger partial charge in [-0.15, -0.1) is 0 Å². The fraction of sp³-hybridized carbons (Fsp3) is 0.0667.